The van der Waals surface area contributed by atoms with Crippen LogP contribution in [-0.2, 0) is 0 Å². The number of hydrogen-bond acceptors (Lipinski definition) is 5. The van der Waals surface area contributed by atoms with E-state index in [1.807, 2.05) is 0 Å². The second-order valence-electron chi connectivity index (χ2n) is 6.26. The number of nitrogens with two attached hydrogens (primary N) is 1. The number of rotatable bonds is 3. The fourth-order valence-corrected chi connectivity index (χ4v) is 2.48. The Labute approximate surface area is 113 Å². The van der Waals surface area contributed by atoms with Gasteiger partial charge in [0.25, 0.3) is 0 Å². The van der Waals surface area contributed by atoms with Crippen LogP contribution < -0.4 is 11.1 Å². The van der Waals surface area contributed by atoms with Crippen LogP contribution in [0.5, 0.6) is 0 Å². The maximum atomic E-state index is 5.73. The SMILES string of the molecule is CC(C)C(Nc1nc(N)nc2[nH]cnc12)C(C)(C)C. The van der Waals surface area contributed by atoms with Gasteiger partial charge in [0.15, 0.2) is 11.5 Å². The van der Waals surface area contributed by atoms with Gasteiger partial charge in [0.1, 0.15) is 5.52 Å². The molecule has 1 atom stereocenters. The zero-order valence-electron chi connectivity index (χ0n) is 12.2. The second kappa shape index (κ2) is 4.68. The summed E-state index contributed by atoms with van der Waals surface area (Å²) in [5.41, 5.74) is 7.23. The lowest BCUT2D eigenvalue weighted by atomic mass is 9.80. The Balaban J connectivity index is 2.41. The van der Waals surface area contributed by atoms with Gasteiger partial charge in [0, 0.05) is 6.04 Å². The number of hydrogen-bond donors (Lipinski definition) is 3. The van der Waals surface area contributed by atoms with Gasteiger partial charge < -0.3 is 16.0 Å². The lowest BCUT2D eigenvalue weighted by Crippen LogP contribution is -2.38. The molecule has 2 heterocycles. The van der Waals surface area contributed by atoms with E-state index in [9.17, 15) is 0 Å². The van der Waals surface area contributed by atoms with Crippen molar-refractivity contribution in [1.29, 1.82) is 0 Å². The summed E-state index contributed by atoms with van der Waals surface area (Å²) in [6, 6.07) is 0.265. The van der Waals surface area contributed by atoms with Gasteiger partial charge in [0.2, 0.25) is 5.95 Å². The van der Waals surface area contributed by atoms with E-state index in [2.05, 4.69) is 59.9 Å². The highest BCUT2D eigenvalue weighted by atomic mass is 15.1. The van der Waals surface area contributed by atoms with Gasteiger partial charge in [-0.25, -0.2) is 4.98 Å². The molecule has 0 saturated carbocycles. The van der Waals surface area contributed by atoms with E-state index in [4.69, 9.17) is 5.73 Å². The maximum absolute atomic E-state index is 5.73. The average molecular weight is 262 g/mol. The molecule has 0 bridgehead atoms. The highest BCUT2D eigenvalue weighted by molar-refractivity contribution is 5.83. The first-order chi connectivity index (χ1) is 8.79. The van der Waals surface area contributed by atoms with Crippen molar-refractivity contribution in [3.8, 4) is 0 Å². The molecule has 2 aromatic heterocycles. The Morgan fingerprint density at radius 3 is 2.53 bits per heavy atom. The van der Waals surface area contributed by atoms with Crippen LogP contribution in [0.25, 0.3) is 11.2 Å². The smallest absolute Gasteiger partial charge is 0.224 e. The van der Waals surface area contributed by atoms with E-state index in [1.54, 1.807) is 6.33 Å². The van der Waals surface area contributed by atoms with Gasteiger partial charge in [0.05, 0.1) is 6.33 Å². The second-order valence-corrected chi connectivity index (χ2v) is 6.26. The Bertz CT molecular complexity index is 566. The molecule has 104 valence electrons. The molecule has 19 heavy (non-hydrogen) atoms. The number of fused-ring (bicyclic) bond motifs is 1. The van der Waals surface area contributed by atoms with Gasteiger partial charge in [-0.3, -0.25) is 0 Å². The molecule has 0 aromatic carbocycles. The molecule has 0 amide bonds. The molecule has 2 rings (SSSR count). The molecule has 0 fully saturated rings. The van der Waals surface area contributed by atoms with Crippen LogP contribution in [0.2, 0.25) is 0 Å². The molecule has 0 radical (unpaired) electrons. The van der Waals surface area contributed by atoms with Crippen molar-refractivity contribution in [2.45, 2.75) is 40.7 Å². The molecule has 6 nitrogen and oxygen atoms in total. The van der Waals surface area contributed by atoms with Crippen molar-refractivity contribution in [2.24, 2.45) is 11.3 Å². The molecular formula is C13H22N6. The predicted octanol–water partition coefficient (Wildman–Crippen LogP) is 2.42. The van der Waals surface area contributed by atoms with Crippen LogP contribution >= 0.6 is 0 Å². The molecule has 0 aliphatic carbocycles. The van der Waals surface area contributed by atoms with Crippen molar-refractivity contribution in [2.75, 3.05) is 11.1 Å². The van der Waals surface area contributed by atoms with Crippen LogP contribution in [0.15, 0.2) is 6.33 Å². The molecule has 0 saturated heterocycles. The summed E-state index contributed by atoms with van der Waals surface area (Å²) >= 11 is 0. The zero-order chi connectivity index (χ0) is 14.2. The first kappa shape index (κ1) is 13.6. The van der Waals surface area contributed by atoms with Gasteiger partial charge in [-0.1, -0.05) is 34.6 Å². The van der Waals surface area contributed by atoms with Gasteiger partial charge in [-0.2, -0.15) is 9.97 Å². The summed E-state index contributed by atoms with van der Waals surface area (Å²) in [5.74, 6) is 1.40. The standard InChI is InChI=1S/C13H22N6/c1-7(2)9(13(3,4)5)17-11-8-10(16-6-15-8)18-12(14)19-11/h6-7,9H,1-5H3,(H4,14,15,16,17,18,19). The van der Waals surface area contributed by atoms with Crippen LogP contribution in [0.4, 0.5) is 11.8 Å². The number of aromatic nitrogens is 4. The molecule has 6 heteroatoms. The largest absolute Gasteiger partial charge is 0.368 e. The van der Waals surface area contributed by atoms with Crippen LogP contribution in [-0.4, -0.2) is 26.0 Å². The minimum atomic E-state index is 0.108. The highest BCUT2D eigenvalue weighted by Gasteiger charge is 2.28. The van der Waals surface area contributed by atoms with Crippen molar-refractivity contribution in [3.63, 3.8) is 0 Å². The van der Waals surface area contributed by atoms with E-state index < -0.39 is 0 Å². The molecule has 2 aromatic rings. The summed E-state index contributed by atoms with van der Waals surface area (Å²) < 4.78 is 0. The van der Waals surface area contributed by atoms with Crippen molar-refractivity contribution >= 4 is 22.9 Å². The average Bonchev–Trinajstić information content (AvgIpc) is 2.70. The Morgan fingerprint density at radius 2 is 1.95 bits per heavy atom. The van der Waals surface area contributed by atoms with Crippen molar-refractivity contribution in [3.05, 3.63) is 6.33 Å². The van der Waals surface area contributed by atoms with E-state index in [0.717, 1.165) is 5.52 Å². The Morgan fingerprint density at radius 1 is 1.26 bits per heavy atom. The number of imidazole rings is 1. The van der Waals surface area contributed by atoms with Crippen LogP contribution in [0, 0.1) is 11.3 Å². The first-order valence-corrected chi connectivity index (χ1v) is 6.52. The summed E-state index contributed by atoms with van der Waals surface area (Å²) in [7, 11) is 0. The molecular weight excluding hydrogens is 240 g/mol. The van der Waals surface area contributed by atoms with Crippen LogP contribution in [0.1, 0.15) is 34.6 Å². The third-order valence-electron chi connectivity index (χ3n) is 3.19. The Hall–Kier alpha value is -1.85. The quantitative estimate of drug-likeness (QED) is 0.790. The lowest BCUT2D eigenvalue weighted by molar-refractivity contribution is 0.280. The Kier molecular flexibility index (Phi) is 3.34. The maximum Gasteiger partial charge on any atom is 0.224 e. The third-order valence-corrected chi connectivity index (χ3v) is 3.19. The number of nitrogen functional groups attached to an aromatic ring is 1. The fourth-order valence-electron chi connectivity index (χ4n) is 2.48. The summed E-state index contributed by atoms with van der Waals surface area (Å²) in [4.78, 5) is 15.6. The molecule has 0 aliphatic heterocycles. The summed E-state index contributed by atoms with van der Waals surface area (Å²) in [6.45, 7) is 11.0. The van der Waals surface area contributed by atoms with Gasteiger partial charge in [-0.05, 0) is 11.3 Å². The van der Waals surface area contributed by atoms with Crippen molar-refractivity contribution in [1.82, 2.24) is 19.9 Å². The minimum Gasteiger partial charge on any atom is -0.368 e. The number of nitrogens with one attached hydrogen (secondary N) is 2. The van der Waals surface area contributed by atoms with E-state index in [1.165, 1.54) is 0 Å². The number of anilines is 2. The number of nitrogens with zero attached hydrogens (tertiary/aromatic N) is 3. The monoisotopic (exact) mass is 262 g/mol. The predicted molar refractivity (Wildman–Crippen MR) is 77.8 cm³/mol. The molecule has 0 spiro atoms. The van der Waals surface area contributed by atoms with Crippen LogP contribution in [0.3, 0.4) is 0 Å². The number of H-pyrrole nitrogens is 1. The summed E-state index contributed by atoms with van der Waals surface area (Å²) in [5, 5.41) is 3.47. The first-order valence-electron chi connectivity index (χ1n) is 6.52. The zero-order valence-corrected chi connectivity index (χ0v) is 12.2. The normalized spacial score (nSPS) is 14.0. The number of aromatic amines is 1. The van der Waals surface area contributed by atoms with Gasteiger partial charge >= 0.3 is 0 Å². The molecule has 1 unspecified atom stereocenters. The van der Waals surface area contributed by atoms with Crippen molar-refractivity contribution < 1.29 is 0 Å². The third kappa shape index (κ3) is 2.77. The minimum absolute atomic E-state index is 0.108. The van der Waals surface area contributed by atoms with E-state index >= 15 is 0 Å². The molecule has 4 N–H and O–H groups in total. The van der Waals surface area contributed by atoms with E-state index in [-0.39, 0.29) is 17.4 Å². The topological polar surface area (TPSA) is 92.5 Å². The molecule has 0 aliphatic rings. The fraction of sp³-hybridized carbons (Fsp3) is 0.615. The lowest BCUT2D eigenvalue weighted by Gasteiger charge is -2.35. The highest BCUT2D eigenvalue weighted by Crippen LogP contribution is 2.29. The van der Waals surface area contributed by atoms with E-state index in [0.29, 0.717) is 17.4 Å². The van der Waals surface area contributed by atoms with Gasteiger partial charge in [-0.15, -0.1) is 0 Å². The summed E-state index contributed by atoms with van der Waals surface area (Å²) in [6.07, 6.45) is 1.60.